The third-order valence-electron chi connectivity index (χ3n) is 4.04. The normalized spacial score (nSPS) is 29.6. The largest absolute Gasteiger partial charge is 0.356 e. The van der Waals surface area contributed by atoms with Gasteiger partial charge in [-0.1, -0.05) is 27.7 Å². The summed E-state index contributed by atoms with van der Waals surface area (Å²) < 4.78 is 0. The van der Waals surface area contributed by atoms with Gasteiger partial charge in [-0.05, 0) is 24.2 Å². The van der Waals surface area contributed by atoms with Crippen molar-refractivity contribution in [3.63, 3.8) is 0 Å². The van der Waals surface area contributed by atoms with Gasteiger partial charge in [-0.2, -0.15) is 0 Å². The Kier molecular flexibility index (Phi) is 4.39. The monoisotopic (exact) mass is 266 g/mol. The van der Waals surface area contributed by atoms with Crippen molar-refractivity contribution < 1.29 is 0 Å². The SMILES string of the molecule is CN=C(NCC(C)(C)C)NC1CN(C2CC2)CC1C. The number of hydrogen-bond acceptors (Lipinski definition) is 2. The molecule has 0 radical (unpaired) electrons. The summed E-state index contributed by atoms with van der Waals surface area (Å²) in [6.45, 7) is 12.4. The zero-order valence-corrected chi connectivity index (χ0v) is 13.2. The molecule has 0 aromatic carbocycles. The minimum atomic E-state index is 0.277. The van der Waals surface area contributed by atoms with Gasteiger partial charge in [0, 0.05) is 38.8 Å². The molecule has 0 amide bonds. The van der Waals surface area contributed by atoms with Gasteiger partial charge in [0.2, 0.25) is 0 Å². The number of rotatable bonds is 3. The highest BCUT2D eigenvalue weighted by Crippen LogP contribution is 2.31. The molecule has 4 nitrogen and oxygen atoms in total. The van der Waals surface area contributed by atoms with E-state index in [2.05, 4.69) is 48.2 Å². The predicted molar refractivity (Wildman–Crippen MR) is 81.5 cm³/mol. The van der Waals surface area contributed by atoms with Crippen molar-refractivity contribution >= 4 is 5.96 Å². The standard InChI is InChI=1S/C15H30N4/c1-11-8-19(12-6-7-12)9-13(11)18-14(16-5)17-10-15(2,3)4/h11-13H,6-10H2,1-5H3,(H2,16,17,18). The molecule has 110 valence electrons. The van der Waals surface area contributed by atoms with Crippen LogP contribution >= 0.6 is 0 Å². The molecule has 0 aromatic heterocycles. The highest BCUT2D eigenvalue weighted by Gasteiger charge is 2.38. The first kappa shape index (κ1) is 14.6. The summed E-state index contributed by atoms with van der Waals surface area (Å²) in [6.07, 6.45) is 2.80. The van der Waals surface area contributed by atoms with Crippen molar-refractivity contribution in [1.82, 2.24) is 15.5 Å². The molecular weight excluding hydrogens is 236 g/mol. The summed E-state index contributed by atoms with van der Waals surface area (Å²) in [5.74, 6) is 1.65. The Hall–Kier alpha value is -0.770. The molecule has 0 bridgehead atoms. The lowest BCUT2D eigenvalue weighted by Crippen LogP contribution is -2.48. The van der Waals surface area contributed by atoms with Gasteiger partial charge in [-0.25, -0.2) is 0 Å². The average molecular weight is 266 g/mol. The Bertz CT molecular complexity index is 328. The second kappa shape index (κ2) is 5.70. The van der Waals surface area contributed by atoms with Crippen LogP contribution in [0.15, 0.2) is 4.99 Å². The third-order valence-corrected chi connectivity index (χ3v) is 4.04. The zero-order valence-electron chi connectivity index (χ0n) is 13.2. The van der Waals surface area contributed by atoms with Gasteiger partial charge in [-0.15, -0.1) is 0 Å². The molecule has 1 aliphatic carbocycles. The van der Waals surface area contributed by atoms with Crippen LogP contribution in [-0.4, -0.2) is 49.6 Å². The van der Waals surface area contributed by atoms with Crippen molar-refractivity contribution in [2.24, 2.45) is 16.3 Å². The molecule has 2 fully saturated rings. The van der Waals surface area contributed by atoms with Crippen LogP contribution in [-0.2, 0) is 0 Å². The minimum Gasteiger partial charge on any atom is -0.356 e. The van der Waals surface area contributed by atoms with Crippen molar-refractivity contribution in [1.29, 1.82) is 0 Å². The van der Waals surface area contributed by atoms with Crippen LogP contribution in [0.4, 0.5) is 0 Å². The second-order valence-electron chi connectivity index (χ2n) is 7.40. The van der Waals surface area contributed by atoms with Gasteiger partial charge >= 0.3 is 0 Å². The van der Waals surface area contributed by atoms with Gasteiger partial charge in [0.15, 0.2) is 5.96 Å². The molecular formula is C15H30N4. The molecule has 2 rings (SSSR count). The van der Waals surface area contributed by atoms with Crippen LogP contribution in [0.2, 0.25) is 0 Å². The maximum absolute atomic E-state index is 4.35. The first-order valence-electron chi connectivity index (χ1n) is 7.60. The van der Waals surface area contributed by atoms with Gasteiger partial charge in [0.1, 0.15) is 0 Å². The number of likely N-dealkylation sites (tertiary alicyclic amines) is 1. The fourth-order valence-electron chi connectivity index (χ4n) is 2.65. The number of aliphatic imine (C=N–C) groups is 1. The lowest BCUT2D eigenvalue weighted by molar-refractivity contribution is 0.315. The molecule has 1 saturated carbocycles. The number of nitrogens with zero attached hydrogens (tertiary/aromatic N) is 2. The van der Waals surface area contributed by atoms with Crippen LogP contribution in [0, 0.1) is 11.3 Å². The molecule has 0 spiro atoms. The highest BCUT2D eigenvalue weighted by atomic mass is 15.3. The van der Waals surface area contributed by atoms with E-state index >= 15 is 0 Å². The Morgan fingerprint density at radius 1 is 1.26 bits per heavy atom. The maximum Gasteiger partial charge on any atom is 0.191 e. The summed E-state index contributed by atoms with van der Waals surface area (Å²) in [6, 6.07) is 1.41. The van der Waals surface area contributed by atoms with Crippen molar-refractivity contribution in [3.05, 3.63) is 0 Å². The van der Waals surface area contributed by atoms with Crippen LogP contribution < -0.4 is 10.6 Å². The van der Waals surface area contributed by atoms with E-state index in [-0.39, 0.29) is 5.41 Å². The van der Waals surface area contributed by atoms with E-state index in [0.717, 1.165) is 18.5 Å². The summed E-state index contributed by atoms with van der Waals surface area (Å²) in [5.41, 5.74) is 0.277. The molecule has 2 N–H and O–H groups in total. The topological polar surface area (TPSA) is 39.7 Å². The van der Waals surface area contributed by atoms with E-state index in [9.17, 15) is 0 Å². The van der Waals surface area contributed by atoms with Crippen molar-refractivity contribution in [3.8, 4) is 0 Å². The van der Waals surface area contributed by atoms with Gasteiger partial charge in [0.05, 0.1) is 0 Å². The molecule has 2 aliphatic rings. The number of hydrogen-bond donors (Lipinski definition) is 2. The third kappa shape index (κ3) is 4.37. The number of guanidine groups is 1. The minimum absolute atomic E-state index is 0.277. The first-order valence-corrected chi connectivity index (χ1v) is 7.60. The van der Waals surface area contributed by atoms with Crippen molar-refractivity contribution in [2.75, 3.05) is 26.7 Å². The van der Waals surface area contributed by atoms with E-state index in [1.165, 1.54) is 25.9 Å². The number of nitrogens with one attached hydrogen (secondary N) is 2. The van der Waals surface area contributed by atoms with Gasteiger partial charge < -0.3 is 10.6 Å². The van der Waals surface area contributed by atoms with Crippen LogP contribution in [0.1, 0.15) is 40.5 Å². The molecule has 4 heteroatoms. The van der Waals surface area contributed by atoms with E-state index in [1.807, 2.05) is 7.05 Å². The average Bonchev–Trinajstić information content (AvgIpc) is 3.09. The lowest BCUT2D eigenvalue weighted by Gasteiger charge is -2.24. The predicted octanol–water partition coefficient (Wildman–Crippen LogP) is 1.68. The Balaban J connectivity index is 1.81. The van der Waals surface area contributed by atoms with Crippen molar-refractivity contribution in [2.45, 2.75) is 52.6 Å². The van der Waals surface area contributed by atoms with Gasteiger partial charge in [0.25, 0.3) is 0 Å². The quantitative estimate of drug-likeness (QED) is 0.603. The molecule has 2 unspecified atom stereocenters. The van der Waals surface area contributed by atoms with Gasteiger partial charge in [-0.3, -0.25) is 9.89 Å². The van der Waals surface area contributed by atoms with E-state index in [4.69, 9.17) is 0 Å². The lowest BCUT2D eigenvalue weighted by atomic mass is 9.97. The molecule has 0 aromatic rings. The van der Waals surface area contributed by atoms with E-state index < -0.39 is 0 Å². The summed E-state index contributed by atoms with van der Waals surface area (Å²) in [7, 11) is 1.86. The Morgan fingerprint density at radius 2 is 1.95 bits per heavy atom. The molecule has 1 aliphatic heterocycles. The molecule has 2 atom stereocenters. The molecule has 1 saturated heterocycles. The highest BCUT2D eigenvalue weighted by molar-refractivity contribution is 5.80. The van der Waals surface area contributed by atoms with Crippen LogP contribution in [0.5, 0.6) is 0 Å². The maximum atomic E-state index is 4.35. The smallest absolute Gasteiger partial charge is 0.191 e. The van der Waals surface area contributed by atoms with E-state index in [1.54, 1.807) is 0 Å². The molecule has 1 heterocycles. The summed E-state index contributed by atoms with van der Waals surface area (Å²) in [4.78, 5) is 6.99. The first-order chi connectivity index (χ1) is 8.89. The molecule has 19 heavy (non-hydrogen) atoms. The summed E-state index contributed by atoms with van der Waals surface area (Å²) >= 11 is 0. The van der Waals surface area contributed by atoms with E-state index in [0.29, 0.717) is 12.0 Å². The second-order valence-corrected chi connectivity index (χ2v) is 7.40. The van der Waals surface area contributed by atoms with Crippen LogP contribution in [0.3, 0.4) is 0 Å². The Morgan fingerprint density at radius 3 is 2.47 bits per heavy atom. The Labute approximate surface area is 118 Å². The fourth-order valence-corrected chi connectivity index (χ4v) is 2.65. The zero-order chi connectivity index (χ0) is 14.0. The van der Waals surface area contributed by atoms with Crippen LogP contribution in [0.25, 0.3) is 0 Å². The fraction of sp³-hybridized carbons (Fsp3) is 0.933. The summed E-state index contributed by atoms with van der Waals surface area (Å²) in [5, 5.41) is 7.03.